The van der Waals surface area contributed by atoms with Crippen LogP contribution in [-0.4, -0.2) is 13.1 Å². The molecule has 0 amide bonds. The molecule has 0 spiro atoms. The predicted octanol–water partition coefficient (Wildman–Crippen LogP) is 3.40. The molecule has 2 rings (SSSR count). The Labute approximate surface area is 125 Å². The lowest BCUT2D eigenvalue weighted by molar-refractivity contribution is 0.0601. The zero-order valence-electron chi connectivity index (χ0n) is 10.3. The van der Waals surface area contributed by atoms with Crippen molar-refractivity contribution in [3.63, 3.8) is 0 Å². The van der Waals surface area contributed by atoms with Gasteiger partial charge in [-0.3, -0.25) is 0 Å². The average molecular weight is 368 g/mol. The number of rotatable bonds is 3. The maximum atomic E-state index is 11.4. The summed E-state index contributed by atoms with van der Waals surface area (Å²) in [4.78, 5) is 11.4. The molecular weight excluding hydrogens is 355 g/mol. The maximum absolute atomic E-state index is 11.4. The van der Waals surface area contributed by atoms with Crippen LogP contribution in [0.25, 0.3) is 0 Å². The quantitative estimate of drug-likeness (QED) is 0.495. The molecule has 19 heavy (non-hydrogen) atoms. The molecule has 0 aliphatic heterocycles. The Kier molecular flexibility index (Phi) is 4.26. The van der Waals surface area contributed by atoms with Crippen LogP contribution in [0, 0.1) is 3.57 Å². The van der Waals surface area contributed by atoms with Crippen LogP contribution >= 0.6 is 22.6 Å². The van der Waals surface area contributed by atoms with E-state index in [4.69, 9.17) is 5.73 Å². The van der Waals surface area contributed by atoms with Crippen molar-refractivity contribution < 1.29 is 9.53 Å². The van der Waals surface area contributed by atoms with E-state index in [0.717, 1.165) is 14.9 Å². The number of carbonyl (C=O) groups excluding carboxylic acids is 1. The van der Waals surface area contributed by atoms with E-state index in [9.17, 15) is 4.79 Å². The van der Waals surface area contributed by atoms with Crippen LogP contribution in [0.1, 0.15) is 10.4 Å². The van der Waals surface area contributed by atoms with Crippen molar-refractivity contribution >= 4 is 45.6 Å². The molecule has 0 unspecified atom stereocenters. The summed E-state index contributed by atoms with van der Waals surface area (Å²) in [5, 5.41) is 3.22. The summed E-state index contributed by atoms with van der Waals surface area (Å²) in [6.45, 7) is 0. The molecule has 2 aromatic rings. The highest BCUT2D eigenvalue weighted by Gasteiger charge is 2.08. The van der Waals surface area contributed by atoms with Crippen molar-refractivity contribution in [1.29, 1.82) is 0 Å². The van der Waals surface area contributed by atoms with E-state index in [-0.39, 0.29) is 0 Å². The zero-order chi connectivity index (χ0) is 13.8. The van der Waals surface area contributed by atoms with Crippen molar-refractivity contribution in [2.45, 2.75) is 0 Å². The number of methoxy groups -OCH3 is 1. The average Bonchev–Trinajstić information content (AvgIpc) is 2.40. The summed E-state index contributed by atoms with van der Waals surface area (Å²) in [7, 11) is 1.34. The molecule has 0 fully saturated rings. The maximum Gasteiger partial charge on any atom is 0.337 e. The molecule has 4 nitrogen and oxygen atoms in total. The topological polar surface area (TPSA) is 64.3 Å². The van der Waals surface area contributed by atoms with E-state index >= 15 is 0 Å². The Morgan fingerprint density at radius 1 is 1.26 bits per heavy atom. The summed E-state index contributed by atoms with van der Waals surface area (Å²) >= 11 is 2.24. The van der Waals surface area contributed by atoms with E-state index in [2.05, 4.69) is 32.6 Å². The number of nitrogen functional groups attached to an aromatic ring is 1. The Morgan fingerprint density at radius 3 is 2.68 bits per heavy atom. The van der Waals surface area contributed by atoms with Crippen molar-refractivity contribution in [1.82, 2.24) is 0 Å². The molecule has 5 heteroatoms. The lowest BCUT2D eigenvalue weighted by atomic mass is 10.1. The lowest BCUT2D eigenvalue weighted by Gasteiger charge is -2.10. The summed E-state index contributed by atoms with van der Waals surface area (Å²) in [6, 6.07) is 13.0. The third kappa shape index (κ3) is 3.37. The molecule has 0 atom stereocenters. The molecular formula is C14H13IN2O2. The first-order valence-corrected chi connectivity index (χ1v) is 6.68. The Balaban J connectivity index is 2.24. The highest BCUT2D eigenvalue weighted by atomic mass is 127. The van der Waals surface area contributed by atoms with Gasteiger partial charge in [-0.1, -0.05) is 6.07 Å². The van der Waals surface area contributed by atoms with Crippen LogP contribution < -0.4 is 11.1 Å². The van der Waals surface area contributed by atoms with Crippen molar-refractivity contribution in [3.05, 3.63) is 51.6 Å². The number of halogens is 1. The molecule has 2 aromatic carbocycles. The molecule has 0 radical (unpaired) electrons. The van der Waals surface area contributed by atoms with Crippen LogP contribution in [0.5, 0.6) is 0 Å². The van der Waals surface area contributed by atoms with Crippen molar-refractivity contribution in [2.24, 2.45) is 0 Å². The molecule has 0 aliphatic carbocycles. The number of carbonyl (C=O) groups is 1. The van der Waals surface area contributed by atoms with Gasteiger partial charge in [0.1, 0.15) is 0 Å². The van der Waals surface area contributed by atoms with E-state index in [1.54, 1.807) is 18.2 Å². The highest BCUT2D eigenvalue weighted by molar-refractivity contribution is 14.1. The van der Waals surface area contributed by atoms with Gasteiger partial charge in [-0.05, 0) is 59.0 Å². The number of ether oxygens (including phenoxy) is 1. The molecule has 3 N–H and O–H groups in total. The molecule has 0 heterocycles. The molecule has 0 aromatic heterocycles. The zero-order valence-corrected chi connectivity index (χ0v) is 12.5. The minimum absolute atomic E-state index is 0.396. The first-order valence-electron chi connectivity index (χ1n) is 5.60. The van der Waals surface area contributed by atoms with Gasteiger partial charge in [0, 0.05) is 9.26 Å². The second-order valence-electron chi connectivity index (χ2n) is 3.93. The van der Waals surface area contributed by atoms with E-state index in [0.29, 0.717) is 11.3 Å². The second kappa shape index (κ2) is 5.92. The van der Waals surface area contributed by atoms with Crippen LogP contribution in [0.3, 0.4) is 0 Å². The minimum atomic E-state index is -0.396. The SMILES string of the molecule is COC(=O)c1ccc(Nc2cccc(I)c2)c(N)c1. The first kappa shape index (κ1) is 13.7. The van der Waals surface area contributed by atoms with Crippen molar-refractivity contribution in [3.8, 4) is 0 Å². The first-order chi connectivity index (χ1) is 9.10. The van der Waals surface area contributed by atoms with Crippen LogP contribution in [-0.2, 0) is 4.74 Å². The fourth-order valence-electron chi connectivity index (χ4n) is 1.64. The van der Waals surface area contributed by atoms with E-state index < -0.39 is 5.97 Å². The molecule has 0 bridgehead atoms. The Morgan fingerprint density at radius 2 is 2.05 bits per heavy atom. The number of hydrogen-bond donors (Lipinski definition) is 2. The van der Waals surface area contributed by atoms with E-state index in [1.165, 1.54) is 7.11 Å². The number of benzene rings is 2. The second-order valence-corrected chi connectivity index (χ2v) is 5.17. The lowest BCUT2D eigenvalue weighted by Crippen LogP contribution is -2.03. The molecule has 0 saturated heterocycles. The highest BCUT2D eigenvalue weighted by Crippen LogP contribution is 2.25. The molecule has 98 valence electrons. The normalized spacial score (nSPS) is 10.0. The van der Waals surface area contributed by atoms with Gasteiger partial charge in [-0.15, -0.1) is 0 Å². The smallest absolute Gasteiger partial charge is 0.337 e. The standard InChI is InChI=1S/C14H13IN2O2/c1-19-14(18)9-5-6-13(12(16)7-9)17-11-4-2-3-10(15)8-11/h2-8,17H,16H2,1H3. The monoisotopic (exact) mass is 368 g/mol. The van der Waals surface area contributed by atoms with Gasteiger partial charge in [-0.25, -0.2) is 4.79 Å². The third-order valence-electron chi connectivity index (χ3n) is 2.58. The number of anilines is 3. The summed E-state index contributed by atoms with van der Waals surface area (Å²) in [5.74, 6) is -0.396. The molecule has 0 saturated carbocycles. The minimum Gasteiger partial charge on any atom is -0.465 e. The van der Waals surface area contributed by atoms with Gasteiger partial charge in [0.15, 0.2) is 0 Å². The number of nitrogens with two attached hydrogens (primary N) is 1. The fraction of sp³-hybridized carbons (Fsp3) is 0.0714. The third-order valence-corrected chi connectivity index (χ3v) is 3.25. The fourth-order valence-corrected chi connectivity index (χ4v) is 2.19. The van der Waals surface area contributed by atoms with Crippen molar-refractivity contribution in [2.75, 3.05) is 18.2 Å². The van der Waals surface area contributed by atoms with Gasteiger partial charge in [0.25, 0.3) is 0 Å². The Bertz CT molecular complexity index is 614. The number of nitrogens with one attached hydrogen (secondary N) is 1. The largest absolute Gasteiger partial charge is 0.465 e. The van der Waals surface area contributed by atoms with Gasteiger partial charge in [0.2, 0.25) is 0 Å². The summed E-state index contributed by atoms with van der Waals surface area (Å²) in [6.07, 6.45) is 0. The van der Waals surface area contributed by atoms with Gasteiger partial charge in [0.05, 0.1) is 24.0 Å². The predicted molar refractivity (Wildman–Crippen MR) is 84.6 cm³/mol. The van der Waals surface area contributed by atoms with Gasteiger partial charge in [-0.2, -0.15) is 0 Å². The van der Waals surface area contributed by atoms with Gasteiger partial charge >= 0.3 is 5.97 Å². The number of hydrogen-bond acceptors (Lipinski definition) is 4. The number of esters is 1. The van der Waals surface area contributed by atoms with Crippen LogP contribution in [0.15, 0.2) is 42.5 Å². The van der Waals surface area contributed by atoms with Crippen LogP contribution in [0.2, 0.25) is 0 Å². The van der Waals surface area contributed by atoms with Crippen LogP contribution in [0.4, 0.5) is 17.1 Å². The Hall–Kier alpha value is -1.76. The molecule has 0 aliphatic rings. The van der Waals surface area contributed by atoms with E-state index in [1.807, 2.05) is 24.3 Å². The summed E-state index contributed by atoms with van der Waals surface area (Å²) in [5.41, 5.74) is 8.57. The summed E-state index contributed by atoms with van der Waals surface area (Å²) < 4.78 is 5.78. The van der Waals surface area contributed by atoms with Gasteiger partial charge < -0.3 is 15.8 Å².